The fraction of sp³-hybridized carbons (Fsp3) is 0.353. The van der Waals surface area contributed by atoms with Crippen molar-refractivity contribution in [2.24, 2.45) is 0 Å². The maximum atomic E-state index is 13.1. The Morgan fingerprint density at radius 2 is 2.14 bits per heavy atom. The van der Waals surface area contributed by atoms with E-state index in [1.807, 2.05) is 12.1 Å². The third-order valence-electron chi connectivity index (χ3n) is 3.61. The molecular formula is C17H19FN2O2. The third-order valence-corrected chi connectivity index (χ3v) is 3.61. The van der Waals surface area contributed by atoms with Gasteiger partial charge in [0.2, 0.25) is 0 Å². The van der Waals surface area contributed by atoms with Crippen molar-refractivity contribution >= 4 is 0 Å². The van der Waals surface area contributed by atoms with Crippen LogP contribution in [0.25, 0.3) is 0 Å². The number of hydrogen-bond donors (Lipinski definition) is 0. The molecule has 116 valence electrons. The first kappa shape index (κ1) is 14.9. The van der Waals surface area contributed by atoms with E-state index in [4.69, 9.17) is 9.47 Å². The second kappa shape index (κ2) is 7.33. The number of nitrogens with zero attached hydrogens (tertiary/aromatic N) is 2. The van der Waals surface area contributed by atoms with Crippen molar-refractivity contribution in [3.05, 3.63) is 60.2 Å². The number of halogens is 1. The molecule has 1 atom stereocenters. The Morgan fingerprint density at radius 3 is 2.95 bits per heavy atom. The molecule has 1 fully saturated rings. The molecule has 3 rings (SSSR count). The lowest BCUT2D eigenvalue weighted by molar-refractivity contribution is -0.0504. The fourth-order valence-electron chi connectivity index (χ4n) is 2.52. The molecule has 1 aliphatic rings. The second-order valence-corrected chi connectivity index (χ2v) is 5.35. The number of aromatic nitrogens is 1. The van der Waals surface area contributed by atoms with Gasteiger partial charge in [0.1, 0.15) is 24.3 Å². The summed E-state index contributed by atoms with van der Waals surface area (Å²) < 4.78 is 24.5. The molecule has 5 heteroatoms. The van der Waals surface area contributed by atoms with Crippen LogP contribution in [0.1, 0.15) is 5.56 Å². The van der Waals surface area contributed by atoms with Gasteiger partial charge in [-0.2, -0.15) is 0 Å². The van der Waals surface area contributed by atoms with Crippen LogP contribution in [0.4, 0.5) is 4.39 Å². The molecule has 0 bridgehead atoms. The highest BCUT2D eigenvalue weighted by Crippen LogP contribution is 2.15. The van der Waals surface area contributed by atoms with E-state index in [1.165, 1.54) is 17.7 Å². The van der Waals surface area contributed by atoms with Crippen LogP contribution < -0.4 is 4.74 Å². The zero-order chi connectivity index (χ0) is 15.2. The molecule has 0 radical (unpaired) electrons. The van der Waals surface area contributed by atoms with Gasteiger partial charge in [0.25, 0.3) is 0 Å². The van der Waals surface area contributed by atoms with E-state index >= 15 is 0 Å². The summed E-state index contributed by atoms with van der Waals surface area (Å²) in [5.74, 6) is 0.247. The second-order valence-electron chi connectivity index (χ2n) is 5.35. The van der Waals surface area contributed by atoms with Gasteiger partial charge in [-0.3, -0.25) is 9.88 Å². The largest absolute Gasteiger partial charge is 0.491 e. The van der Waals surface area contributed by atoms with Crippen LogP contribution in [-0.2, 0) is 11.3 Å². The first-order valence-electron chi connectivity index (χ1n) is 7.41. The van der Waals surface area contributed by atoms with Gasteiger partial charge in [0.05, 0.1) is 6.61 Å². The Morgan fingerprint density at radius 1 is 1.27 bits per heavy atom. The average molecular weight is 302 g/mol. The molecule has 2 aromatic rings. The Bertz CT molecular complexity index is 594. The fourth-order valence-corrected chi connectivity index (χ4v) is 2.52. The first-order chi connectivity index (χ1) is 10.8. The predicted octanol–water partition coefficient (Wildman–Crippen LogP) is 2.50. The van der Waals surface area contributed by atoms with Crippen molar-refractivity contribution in [1.82, 2.24) is 9.88 Å². The Hall–Kier alpha value is -1.98. The smallest absolute Gasteiger partial charge is 0.126 e. The molecule has 22 heavy (non-hydrogen) atoms. The minimum atomic E-state index is -0.290. The molecule has 1 saturated heterocycles. The van der Waals surface area contributed by atoms with Gasteiger partial charge in [-0.1, -0.05) is 6.07 Å². The molecule has 0 N–H and O–H groups in total. The Balaban J connectivity index is 1.50. The number of hydrogen-bond acceptors (Lipinski definition) is 4. The van der Waals surface area contributed by atoms with Gasteiger partial charge >= 0.3 is 0 Å². The molecule has 0 spiro atoms. The summed E-state index contributed by atoms with van der Waals surface area (Å²) in [6, 6.07) is 10.2. The summed E-state index contributed by atoms with van der Waals surface area (Å²) in [6.45, 7) is 3.69. The SMILES string of the molecule is Fc1cccc(OCC2CN(Cc3ccncc3)CCO2)c1. The lowest BCUT2D eigenvalue weighted by Gasteiger charge is -2.32. The van der Waals surface area contributed by atoms with Gasteiger partial charge in [-0.15, -0.1) is 0 Å². The normalized spacial score (nSPS) is 19.0. The summed E-state index contributed by atoms with van der Waals surface area (Å²) in [4.78, 5) is 6.36. The molecule has 0 aliphatic carbocycles. The van der Waals surface area contributed by atoms with Gasteiger partial charge < -0.3 is 9.47 Å². The lowest BCUT2D eigenvalue weighted by atomic mass is 10.2. The van der Waals surface area contributed by atoms with Crippen molar-refractivity contribution in [2.45, 2.75) is 12.6 Å². The molecule has 1 aliphatic heterocycles. The molecule has 0 amide bonds. The Labute approximate surface area is 129 Å². The first-order valence-corrected chi connectivity index (χ1v) is 7.41. The van der Waals surface area contributed by atoms with Crippen molar-refractivity contribution in [1.29, 1.82) is 0 Å². The summed E-state index contributed by atoms with van der Waals surface area (Å²) in [6.07, 6.45) is 3.61. The monoisotopic (exact) mass is 302 g/mol. The molecular weight excluding hydrogens is 283 g/mol. The number of pyridine rings is 1. The van der Waals surface area contributed by atoms with E-state index in [0.29, 0.717) is 19.0 Å². The predicted molar refractivity (Wildman–Crippen MR) is 81.1 cm³/mol. The maximum Gasteiger partial charge on any atom is 0.126 e. The lowest BCUT2D eigenvalue weighted by Crippen LogP contribution is -2.44. The van der Waals surface area contributed by atoms with Crippen LogP contribution in [0.5, 0.6) is 5.75 Å². The molecule has 1 aromatic carbocycles. The van der Waals surface area contributed by atoms with Crippen LogP contribution in [0.15, 0.2) is 48.8 Å². The molecule has 2 heterocycles. The van der Waals surface area contributed by atoms with E-state index in [9.17, 15) is 4.39 Å². The highest BCUT2D eigenvalue weighted by atomic mass is 19.1. The number of benzene rings is 1. The standard InChI is InChI=1S/C17H19FN2O2/c18-15-2-1-3-16(10-15)22-13-17-12-20(8-9-21-17)11-14-4-6-19-7-5-14/h1-7,10,17H,8-9,11-13H2. The molecule has 0 saturated carbocycles. The zero-order valence-corrected chi connectivity index (χ0v) is 12.3. The number of rotatable bonds is 5. The minimum Gasteiger partial charge on any atom is -0.491 e. The van der Waals surface area contributed by atoms with E-state index in [0.717, 1.165) is 19.6 Å². The highest BCUT2D eigenvalue weighted by molar-refractivity contribution is 5.22. The van der Waals surface area contributed by atoms with E-state index < -0.39 is 0 Å². The zero-order valence-electron chi connectivity index (χ0n) is 12.3. The van der Waals surface area contributed by atoms with E-state index in [-0.39, 0.29) is 11.9 Å². The van der Waals surface area contributed by atoms with Crippen LogP contribution >= 0.6 is 0 Å². The summed E-state index contributed by atoms with van der Waals surface area (Å²) >= 11 is 0. The molecule has 4 nitrogen and oxygen atoms in total. The van der Waals surface area contributed by atoms with Crippen molar-refractivity contribution in [3.8, 4) is 5.75 Å². The van der Waals surface area contributed by atoms with Crippen LogP contribution in [0.2, 0.25) is 0 Å². The van der Waals surface area contributed by atoms with Crippen molar-refractivity contribution in [2.75, 3.05) is 26.3 Å². The topological polar surface area (TPSA) is 34.6 Å². The summed E-state index contributed by atoms with van der Waals surface area (Å²) in [5, 5.41) is 0. The van der Waals surface area contributed by atoms with Gasteiger partial charge in [-0.05, 0) is 29.8 Å². The highest BCUT2D eigenvalue weighted by Gasteiger charge is 2.21. The van der Waals surface area contributed by atoms with Crippen molar-refractivity contribution < 1.29 is 13.9 Å². The van der Waals surface area contributed by atoms with Crippen LogP contribution in [-0.4, -0.2) is 42.3 Å². The molecule has 1 unspecified atom stereocenters. The van der Waals surface area contributed by atoms with Crippen molar-refractivity contribution in [3.63, 3.8) is 0 Å². The summed E-state index contributed by atoms with van der Waals surface area (Å²) in [5.41, 5.74) is 1.24. The van der Waals surface area contributed by atoms with Gasteiger partial charge in [0, 0.05) is 38.1 Å². The van der Waals surface area contributed by atoms with Gasteiger partial charge in [-0.25, -0.2) is 4.39 Å². The maximum absolute atomic E-state index is 13.1. The summed E-state index contributed by atoms with van der Waals surface area (Å²) in [7, 11) is 0. The van der Waals surface area contributed by atoms with Crippen LogP contribution in [0.3, 0.4) is 0 Å². The third kappa shape index (κ3) is 4.26. The minimum absolute atomic E-state index is 0.00106. The van der Waals surface area contributed by atoms with Gasteiger partial charge in [0.15, 0.2) is 0 Å². The quantitative estimate of drug-likeness (QED) is 0.850. The number of ether oxygens (including phenoxy) is 2. The van der Waals surface area contributed by atoms with Crippen LogP contribution in [0, 0.1) is 5.82 Å². The average Bonchev–Trinajstić information content (AvgIpc) is 2.54. The molecule has 1 aromatic heterocycles. The van der Waals surface area contributed by atoms with E-state index in [2.05, 4.69) is 9.88 Å². The number of morpholine rings is 1. The van der Waals surface area contributed by atoms with E-state index in [1.54, 1.807) is 24.5 Å². The Kier molecular flexibility index (Phi) is 4.98.